The van der Waals surface area contributed by atoms with Crippen molar-refractivity contribution in [3.05, 3.63) is 71.3 Å². The molecule has 0 aliphatic heterocycles. The molecule has 2 aromatic heterocycles. The molecule has 0 aliphatic carbocycles. The molecule has 0 aliphatic rings. The molecule has 0 saturated carbocycles. The predicted molar refractivity (Wildman–Crippen MR) is 91.1 cm³/mol. The van der Waals surface area contributed by atoms with Crippen molar-refractivity contribution in [2.45, 2.75) is 20.4 Å². The molecule has 1 amide bonds. The Morgan fingerprint density at radius 3 is 2.79 bits per heavy atom. The summed E-state index contributed by atoms with van der Waals surface area (Å²) in [6, 6.07) is 12.8. The number of nitrogens with one attached hydrogen (secondary N) is 2. The molecule has 1 aromatic carbocycles. The molecule has 122 valence electrons. The van der Waals surface area contributed by atoms with Gasteiger partial charge in [-0.15, -0.1) is 5.10 Å². The summed E-state index contributed by atoms with van der Waals surface area (Å²) in [7, 11) is 0. The molecular formula is C18H18N4O2. The van der Waals surface area contributed by atoms with Crippen LogP contribution in [-0.4, -0.2) is 16.1 Å². The number of hydrogen-bond donors (Lipinski definition) is 2. The zero-order valence-electron chi connectivity index (χ0n) is 13.5. The molecule has 0 fully saturated rings. The maximum atomic E-state index is 12.3. The highest BCUT2D eigenvalue weighted by molar-refractivity contribution is 5.95. The Morgan fingerprint density at radius 2 is 2.04 bits per heavy atom. The van der Waals surface area contributed by atoms with Crippen molar-refractivity contribution in [1.82, 2.24) is 15.5 Å². The van der Waals surface area contributed by atoms with Crippen LogP contribution in [0.25, 0.3) is 0 Å². The van der Waals surface area contributed by atoms with E-state index in [1.54, 1.807) is 18.3 Å². The first-order valence-electron chi connectivity index (χ1n) is 7.60. The monoisotopic (exact) mass is 322 g/mol. The number of nitrogens with zero attached hydrogens (tertiary/aromatic N) is 2. The quantitative estimate of drug-likeness (QED) is 0.753. The average Bonchev–Trinajstić information content (AvgIpc) is 2.98. The van der Waals surface area contributed by atoms with Gasteiger partial charge in [-0.3, -0.25) is 4.79 Å². The number of aryl methyl sites for hydroxylation is 2. The maximum absolute atomic E-state index is 12.3. The van der Waals surface area contributed by atoms with Gasteiger partial charge in [0, 0.05) is 11.3 Å². The summed E-state index contributed by atoms with van der Waals surface area (Å²) in [5, 5.41) is 13.9. The van der Waals surface area contributed by atoms with Crippen LogP contribution in [-0.2, 0) is 6.54 Å². The Bertz CT molecular complexity index is 857. The van der Waals surface area contributed by atoms with Crippen molar-refractivity contribution in [2.24, 2.45) is 0 Å². The Labute approximate surface area is 139 Å². The Balaban J connectivity index is 1.66. The second kappa shape index (κ2) is 6.95. The van der Waals surface area contributed by atoms with Crippen LogP contribution in [0, 0.1) is 13.8 Å². The third-order valence-electron chi connectivity index (χ3n) is 3.41. The maximum Gasteiger partial charge on any atom is 0.251 e. The first-order valence-corrected chi connectivity index (χ1v) is 7.60. The average molecular weight is 322 g/mol. The van der Waals surface area contributed by atoms with Crippen LogP contribution in [0.3, 0.4) is 0 Å². The van der Waals surface area contributed by atoms with Crippen LogP contribution >= 0.6 is 0 Å². The van der Waals surface area contributed by atoms with Crippen LogP contribution in [0.15, 0.2) is 53.1 Å². The number of carbonyl (C=O) groups is 1. The first-order chi connectivity index (χ1) is 11.6. The van der Waals surface area contributed by atoms with Gasteiger partial charge in [-0.05, 0) is 55.8 Å². The van der Waals surface area contributed by atoms with Crippen molar-refractivity contribution < 1.29 is 9.21 Å². The molecule has 6 nitrogen and oxygen atoms in total. The van der Waals surface area contributed by atoms with E-state index in [1.165, 1.54) is 0 Å². The lowest BCUT2D eigenvalue weighted by Crippen LogP contribution is -2.22. The number of furan rings is 1. The standard InChI is InChI=1S/C18H18N4O2/c1-12-8-17(22-20-10-12)21-15-5-3-4-14(9-15)18(23)19-11-16-7-6-13(2)24-16/h3-10H,11H2,1-2H3,(H,19,23)(H,21,22). The van der Waals surface area contributed by atoms with Gasteiger partial charge >= 0.3 is 0 Å². The SMILES string of the molecule is Cc1cnnc(Nc2cccc(C(=O)NCc3ccc(C)o3)c2)c1. The minimum absolute atomic E-state index is 0.164. The molecule has 3 aromatic rings. The highest BCUT2D eigenvalue weighted by atomic mass is 16.3. The third kappa shape index (κ3) is 3.98. The minimum Gasteiger partial charge on any atom is -0.465 e. The van der Waals surface area contributed by atoms with Gasteiger partial charge in [-0.1, -0.05) is 6.07 Å². The number of hydrogen-bond acceptors (Lipinski definition) is 5. The van der Waals surface area contributed by atoms with Crippen LogP contribution in [0.1, 0.15) is 27.4 Å². The second-order valence-electron chi connectivity index (χ2n) is 5.52. The number of amides is 1. The minimum atomic E-state index is -0.164. The van der Waals surface area contributed by atoms with E-state index in [0.717, 1.165) is 22.8 Å². The van der Waals surface area contributed by atoms with Gasteiger partial charge in [-0.25, -0.2) is 0 Å². The molecule has 0 unspecified atom stereocenters. The van der Waals surface area contributed by atoms with E-state index in [4.69, 9.17) is 4.42 Å². The summed E-state index contributed by atoms with van der Waals surface area (Å²) in [5.74, 6) is 2.02. The Kier molecular flexibility index (Phi) is 4.56. The highest BCUT2D eigenvalue weighted by Gasteiger charge is 2.08. The van der Waals surface area contributed by atoms with Gasteiger partial charge in [0.15, 0.2) is 5.82 Å². The summed E-state index contributed by atoms with van der Waals surface area (Å²) < 4.78 is 5.44. The summed E-state index contributed by atoms with van der Waals surface area (Å²) in [6.07, 6.45) is 1.69. The van der Waals surface area contributed by atoms with E-state index in [1.807, 2.05) is 44.2 Å². The molecule has 24 heavy (non-hydrogen) atoms. The summed E-state index contributed by atoms with van der Waals surface area (Å²) in [4.78, 5) is 12.3. The van der Waals surface area contributed by atoms with Crippen LogP contribution < -0.4 is 10.6 Å². The topological polar surface area (TPSA) is 80.0 Å². The highest BCUT2D eigenvalue weighted by Crippen LogP contribution is 2.16. The second-order valence-corrected chi connectivity index (χ2v) is 5.52. The van der Waals surface area contributed by atoms with Crippen molar-refractivity contribution in [3.8, 4) is 0 Å². The Morgan fingerprint density at radius 1 is 1.17 bits per heavy atom. The fraction of sp³-hybridized carbons (Fsp3) is 0.167. The normalized spacial score (nSPS) is 10.4. The van der Waals surface area contributed by atoms with E-state index in [9.17, 15) is 4.79 Å². The first kappa shape index (κ1) is 15.7. The lowest BCUT2D eigenvalue weighted by molar-refractivity contribution is 0.0948. The number of anilines is 2. The summed E-state index contributed by atoms with van der Waals surface area (Å²) in [5.41, 5.74) is 2.34. The van der Waals surface area contributed by atoms with Gasteiger partial charge in [-0.2, -0.15) is 5.10 Å². The van der Waals surface area contributed by atoms with Crippen LogP contribution in [0.2, 0.25) is 0 Å². The molecule has 0 spiro atoms. The van der Waals surface area contributed by atoms with Crippen molar-refractivity contribution in [2.75, 3.05) is 5.32 Å². The molecule has 6 heteroatoms. The number of rotatable bonds is 5. The van der Waals surface area contributed by atoms with Gasteiger partial charge in [0.05, 0.1) is 12.7 Å². The van der Waals surface area contributed by atoms with E-state index >= 15 is 0 Å². The zero-order chi connectivity index (χ0) is 16.9. The lowest BCUT2D eigenvalue weighted by Gasteiger charge is -2.08. The molecule has 0 bridgehead atoms. The van der Waals surface area contributed by atoms with Gasteiger partial charge in [0.1, 0.15) is 11.5 Å². The third-order valence-corrected chi connectivity index (χ3v) is 3.41. The van der Waals surface area contributed by atoms with Crippen LogP contribution in [0.4, 0.5) is 11.5 Å². The van der Waals surface area contributed by atoms with E-state index in [2.05, 4.69) is 20.8 Å². The van der Waals surface area contributed by atoms with Gasteiger partial charge in [0.2, 0.25) is 0 Å². The van der Waals surface area contributed by atoms with Crippen molar-refractivity contribution in [1.29, 1.82) is 0 Å². The molecule has 0 atom stereocenters. The smallest absolute Gasteiger partial charge is 0.251 e. The molecule has 3 rings (SSSR count). The van der Waals surface area contributed by atoms with E-state index in [0.29, 0.717) is 17.9 Å². The number of aromatic nitrogens is 2. The zero-order valence-corrected chi connectivity index (χ0v) is 13.5. The largest absolute Gasteiger partial charge is 0.465 e. The lowest BCUT2D eigenvalue weighted by atomic mass is 10.2. The van der Waals surface area contributed by atoms with Crippen LogP contribution in [0.5, 0.6) is 0 Å². The number of carbonyl (C=O) groups excluding carboxylic acids is 1. The fourth-order valence-corrected chi connectivity index (χ4v) is 2.26. The Hall–Kier alpha value is -3.15. The summed E-state index contributed by atoms with van der Waals surface area (Å²) in [6.45, 7) is 4.17. The molecule has 0 saturated heterocycles. The molecule has 0 radical (unpaired) electrons. The van der Waals surface area contributed by atoms with E-state index < -0.39 is 0 Å². The predicted octanol–water partition coefficient (Wildman–Crippen LogP) is 3.36. The molecule has 2 heterocycles. The summed E-state index contributed by atoms with van der Waals surface area (Å²) >= 11 is 0. The van der Waals surface area contributed by atoms with Crippen molar-refractivity contribution >= 4 is 17.4 Å². The van der Waals surface area contributed by atoms with E-state index in [-0.39, 0.29) is 5.91 Å². The van der Waals surface area contributed by atoms with Crippen molar-refractivity contribution in [3.63, 3.8) is 0 Å². The molecular weight excluding hydrogens is 304 g/mol. The fourth-order valence-electron chi connectivity index (χ4n) is 2.26. The van der Waals surface area contributed by atoms with Gasteiger partial charge in [0.25, 0.3) is 5.91 Å². The van der Waals surface area contributed by atoms with Gasteiger partial charge < -0.3 is 15.1 Å². The number of benzene rings is 1. The molecule has 2 N–H and O–H groups in total.